The second-order valence-electron chi connectivity index (χ2n) is 3.03. The molecule has 12 heavy (non-hydrogen) atoms. The van der Waals surface area contributed by atoms with Crippen LogP contribution in [0.3, 0.4) is 0 Å². The molecule has 0 fully saturated rings. The fourth-order valence-corrected chi connectivity index (χ4v) is 1.42. The number of fused-ring (bicyclic) bond motifs is 1. The van der Waals surface area contributed by atoms with Gasteiger partial charge in [0.05, 0.1) is 0 Å². The van der Waals surface area contributed by atoms with E-state index in [1.165, 1.54) is 16.5 Å². The third-order valence-electron chi connectivity index (χ3n) is 2.05. The Morgan fingerprint density at radius 3 is 2.83 bits per heavy atom. The Morgan fingerprint density at radius 2 is 2.08 bits per heavy atom. The Balaban J connectivity index is 2.79. The fraction of sp³-hybridized carbons (Fsp3) is 0.100. The van der Waals surface area contributed by atoms with Crippen molar-refractivity contribution in [1.82, 2.24) is 4.98 Å². The molecule has 58 valence electrons. The Kier molecular flexibility index (Phi) is 1.61. The number of hydrogen-bond donors (Lipinski definition) is 1. The van der Waals surface area contributed by atoms with Crippen LogP contribution in [-0.2, 0) is 0 Å². The van der Waals surface area contributed by atoms with Crippen molar-refractivity contribution in [1.29, 1.82) is 0 Å². The minimum atomic E-state index is 1.10. The number of hydrogen-bond acceptors (Lipinski definition) is 0. The van der Waals surface area contributed by atoms with Crippen LogP contribution in [-0.4, -0.2) is 17.9 Å². The monoisotopic (exact) mass is 155 g/mol. The summed E-state index contributed by atoms with van der Waals surface area (Å²) in [6.07, 6.45) is 2.01. The number of aromatic amines is 1. The van der Waals surface area contributed by atoms with E-state index >= 15 is 0 Å². The van der Waals surface area contributed by atoms with Crippen molar-refractivity contribution in [3.05, 3.63) is 36.0 Å². The van der Waals surface area contributed by atoms with Crippen molar-refractivity contribution < 1.29 is 0 Å². The first-order chi connectivity index (χ1) is 5.79. The molecule has 1 N–H and O–H groups in total. The van der Waals surface area contributed by atoms with Crippen LogP contribution in [0.4, 0.5) is 0 Å². The van der Waals surface area contributed by atoms with E-state index < -0.39 is 0 Å². The van der Waals surface area contributed by atoms with E-state index in [1.54, 1.807) is 0 Å². The molecule has 1 aromatic heterocycles. The summed E-state index contributed by atoms with van der Waals surface area (Å²) < 4.78 is 0. The van der Waals surface area contributed by atoms with Crippen molar-refractivity contribution in [3.63, 3.8) is 0 Å². The molecule has 0 radical (unpaired) electrons. The van der Waals surface area contributed by atoms with Crippen LogP contribution >= 0.6 is 0 Å². The number of rotatable bonds is 1. The standard InChI is InChI=1S/C10H10BN/c1-7(11)9-6-12-10-5-3-2-4-8(9)10/h2-6,11-12H,1H3. The number of H-pyrrole nitrogens is 1. The molecule has 2 rings (SSSR count). The van der Waals surface area contributed by atoms with E-state index in [0.717, 1.165) is 5.46 Å². The van der Waals surface area contributed by atoms with Crippen molar-refractivity contribution >= 4 is 23.9 Å². The topological polar surface area (TPSA) is 15.8 Å². The molecule has 1 nitrogen and oxygen atoms in total. The Bertz CT molecular complexity index is 428. The number of benzene rings is 1. The molecular weight excluding hydrogens is 145 g/mol. The Hall–Kier alpha value is -1.31. The third-order valence-corrected chi connectivity index (χ3v) is 2.05. The Morgan fingerprint density at radius 1 is 1.33 bits per heavy atom. The van der Waals surface area contributed by atoms with Gasteiger partial charge in [-0.3, -0.25) is 0 Å². The molecule has 0 saturated heterocycles. The molecule has 0 aliphatic carbocycles. The van der Waals surface area contributed by atoms with Gasteiger partial charge in [0.2, 0.25) is 0 Å². The van der Waals surface area contributed by atoms with Gasteiger partial charge in [0.1, 0.15) is 0 Å². The van der Waals surface area contributed by atoms with Gasteiger partial charge in [-0.05, 0) is 0 Å². The van der Waals surface area contributed by atoms with Crippen molar-refractivity contribution in [3.8, 4) is 0 Å². The van der Waals surface area contributed by atoms with Gasteiger partial charge in [-0.25, -0.2) is 0 Å². The second kappa shape index (κ2) is 2.63. The normalized spacial score (nSPS) is 10.3. The summed E-state index contributed by atoms with van der Waals surface area (Å²) in [5, 5.41) is 1.25. The van der Waals surface area contributed by atoms with Crippen LogP contribution in [0.2, 0.25) is 0 Å². The number of para-hydroxylation sites is 1. The fourth-order valence-electron chi connectivity index (χ4n) is 1.42. The van der Waals surface area contributed by atoms with E-state index in [0.29, 0.717) is 0 Å². The van der Waals surface area contributed by atoms with Crippen LogP contribution in [0.15, 0.2) is 30.5 Å². The predicted molar refractivity (Wildman–Crippen MR) is 55.2 cm³/mol. The zero-order valence-corrected chi connectivity index (χ0v) is 7.09. The Labute approximate surface area is 72.5 Å². The van der Waals surface area contributed by atoms with Gasteiger partial charge in [-0.2, -0.15) is 0 Å². The maximum absolute atomic E-state index is 3.93. The first-order valence-electron chi connectivity index (χ1n) is 4.01. The number of aromatic nitrogens is 1. The summed E-state index contributed by atoms with van der Waals surface area (Å²) in [7, 11) is 3.93. The van der Waals surface area contributed by atoms with Gasteiger partial charge in [0, 0.05) is 0 Å². The average Bonchev–Trinajstić information content (AvgIpc) is 2.47. The van der Waals surface area contributed by atoms with Gasteiger partial charge in [-0.15, -0.1) is 0 Å². The second-order valence-corrected chi connectivity index (χ2v) is 3.03. The van der Waals surface area contributed by atoms with E-state index in [1.807, 2.05) is 25.3 Å². The molecule has 2 aromatic rings. The zero-order chi connectivity index (χ0) is 8.55. The molecule has 0 amide bonds. The molecule has 0 unspecified atom stereocenters. The minimum absolute atomic E-state index is 1.10. The molecule has 0 aliphatic rings. The average molecular weight is 155 g/mol. The molecule has 0 saturated carbocycles. The predicted octanol–water partition coefficient (Wildman–Crippen LogP) is 1.61. The van der Waals surface area contributed by atoms with Crippen LogP contribution in [0.1, 0.15) is 12.5 Å². The van der Waals surface area contributed by atoms with Gasteiger partial charge in [0.25, 0.3) is 0 Å². The summed E-state index contributed by atoms with van der Waals surface area (Å²) in [5.74, 6) is 0. The molecule has 0 bridgehead atoms. The summed E-state index contributed by atoms with van der Waals surface area (Å²) in [5.41, 5.74) is 3.49. The number of nitrogens with one attached hydrogen (secondary N) is 1. The van der Waals surface area contributed by atoms with Gasteiger partial charge < -0.3 is 0 Å². The van der Waals surface area contributed by atoms with E-state index in [-0.39, 0.29) is 0 Å². The summed E-state index contributed by atoms with van der Waals surface area (Å²) in [6.45, 7) is 2.02. The summed E-state index contributed by atoms with van der Waals surface area (Å²) >= 11 is 0. The van der Waals surface area contributed by atoms with Crippen molar-refractivity contribution in [2.45, 2.75) is 6.92 Å². The van der Waals surface area contributed by atoms with Gasteiger partial charge >= 0.3 is 71.8 Å². The molecule has 0 aliphatic heterocycles. The SMILES string of the molecule is B=C(C)c1c[nH]c2ccccc12. The van der Waals surface area contributed by atoms with E-state index in [9.17, 15) is 0 Å². The van der Waals surface area contributed by atoms with Crippen LogP contribution in [0, 0.1) is 0 Å². The molecule has 0 atom stereocenters. The maximum atomic E-state index is 3.93. The quantitative estimate of drug-likeness (QED) is 0.602. The molecule has 2 heteroatoms. The van der Waals surface area contributed by atoms with Gasteiger partial charge in [0.15, 0.2) is 0 Å². The van der Waals surface area contributed by atoms with Crippen molar-refractivity contribution in [2.24, 2.45) is 0 Å². The van der Waals surface area contributed by atoms with Crippen molar-refractivity contribution in [2.75, 3.05) is 0 Å². The summed E-state index contributed by atoms with van der Waals surface area (Å²) in [4.78, 5) is 3.21. The van der Waals surface area contributed by atoms with Gasteiger partial charge in [-0.1, -0.05) is 0 Å². The van der Waals surface area contributed by atoms with Crippen LogP contribution in [0.5, 0.6) is 0 Å². The first kappa shape index (κ1) is 7.35. The zero-order valence-electron chi connectivity index (χ0n) is 7.09. The molecular formula is C10H10BN. The molecule has 1 heterocycles. The van der Waals surface area contributed by atoms with Crippen LogP contribution < -0.4 is 0 Å². The van der Waals surface area contributed by atoms with E-state index in [4.69, 9.17) is 0 Å². The molecule has 0 spiro atoms. The van der Waals surface area contributed by atoms with Crippen LogP contribution in [0.25, 0.3) is 10.9 Å². The third kappa shape index (κ3) is 1.000. The van der Waals surface area contributed by atoms with E-state index in [2.05, 4.69) is 24.6 Å². The summed E-state index contributed by atoms with van der Waals surface area (Å²) in [6, 6.07) is 8.25. The first-order valence-corrected chi connectivity index (χ1v) is 4.01. The molecule has 1 aromatic carbocycles.